The highest BCUT2D eigenvalue weighted by Crippen LogP contribution is 2.25. The molecule has 1 saturated heterocycles. The van der Waals surface area contributed by atoms with Crippen LogP contribution in [0.15, 0.2) is 30.5 Å². The fourth-order valence-electron chi connectivity index (χ4n) is 2.53. The molecule has 2 aromatic rings. The SMILES string of the molecule is O=[N+]([O-])c1cccc(-c2cnc(C3CCCCN3)[nH]2)c1. The molecule has 1 fully saturated rings. The van der Waals surface area contributed by atoms with Crippen molar-refractivity contribution in [3.63, 3.8) is 0 Å². The number of non-ortho nitro benzene ring substituents is 1. The Hall–Kier alpha value is -2.21. The van der Waals surface area contributed by atoms with Crippen LogP contribution in [0, 0.1) is 10.1 Å². The maximum absolute atomic E-state index is 10.8. The molecule has 2 N–H and O–H groups in total. The second kappa shape index (κ2) is 5.42. The monoisotopic (exact) mass is 272 g/mol. The zero-order valence-corrected chi connectivity index (χ0v) is 11.0. The second-order valence-electron chi connectivity index (χ2n) is 4.99. The van der Waals surface area contributed by atoms with Crippen molar-refractivity contribution < 1.29 is 4.92 Å². The molecule has 104 valence electrons. The van der Waals surface area contributed by atoms with E-state index in [-0.39, 0.29) is 16.7 Å². The molecular weight excluding hydrogens is 256 g/mol. The zero-order valence-electron chi connectivity index (χ0n) is 11.0. The molecule has 20 heavy (non-hydrogen) atoms. The maximum Gasteiger partial charge on any atom is 0.270 e. The minimum absolute atomic E-state index is 0.0921. The average Bonchev–Trinajstić information content (AvgIpc) is 2.98. The van der Waals surface area contributed by atoms with Crippen molar-refractivity contribution in [2.45, 2.75) is 25.3 Å². The topological polar surface area (TPSA) is 83.8 Å². The van der Waals surface area contributed by atoms with Crippen molar-refractivity contribution in [3.05, 3.63) is 46.4 Å². The summed E-state index contributed by atoms with van der Waals surface area (Å²) in [6.45, 7) is 1.01. The molecule has 1 atom stereocenters. The third kappa shape index (κ3) is 2.55. The van der Waals surface area contributed by atoms with Gasteiger partial charge in [0, 0.05) is 17.7 Å². The van der Waals surface area contributed by atoms with Gasteiger partial charge in [0.05, 0.1) is 22.9 Å². The normalized spacial score (nSPS) is 18.9. The lowest BCUT2D eigenvalue weighted by Gasteiger charge is -2.21. The fraction of sp³-hybridized carbons (Fsp3) is 0.357. The second-order valence-corrected chi connectivity index (χ2v) is 4.99. The van der Waals surface area contributed by atoms with E-state index < -0.39 is 0 Å². The predicted octanol–water partition coefficient (Wildman–Crippen LogP) is 2.80. The van der Waals surface area contributed by atoms with Gasteiger partial charge in [0.1, 0.15) is 5.82 Å². The number of imidazole rings is 1. The van der Waals surface area contributed by atoms with Gasteiger partial charge in [-0.3, -0.25) is 10.1 Å². The van der Waals surface area contributed by atoms with Crippen LogP contribution in [0.1, 0.15) is 31.1 Å². The summed E-state index contributed by atoms with van der Waals surface area (Å²) in [6, 6.07) is 6.84. The van der Waals surface area contributed by atoms with Gasteiger partial charge in [-0.25, -0.2) is 4.98 Å². The number of aromatic nitrogens is 2. The molecule has 1 unspecified atom stereocenters. The van der Waals surface area contributed by atoms with Crippen LogP contribution in [0.3, 0.4) is 0 Å². The van der Waals surface area contributed by atoms with Crippen LogP contribution < -0.4 is 5.32 Å². The summed E-state index contributed by atoms with van der Waals surface area (Å²) in [5.41, 5.74) is 1.69. The third-order valence-electron chi connectivity index (χ3n) is 3.60. The number of nitrogens with zero attached hydrogens (tertiary/aromatic N) is 2. The Morgan fingerprint density at radius 1 is 1.35 bits per heavy atom. The van der Waals surface area contributed by atoms with Crippen molar-refractivity contribution in [2.75, 3.05) is 6.54 Å². The Morgan fingerprint density at radius 3 is 3.00 bits per heavy atom. The van der Waals surface area contributed by atoms with Crippen molar-refractivity contribution in [1.82, 2.24) is 15.3 Å². The van der Waals surface area contributed by atoms with Crippen LogP contribution in [0.5, 0.6) is 0 Å². The summed E-state index contributed by atoms with van der Waals surface area (Å²) in [7, 11) is 0. The van der Waals surface area contributed by atoms with Crippen LogP contribution in [0.2, 0.25) is 0 Å². The summed E-state index contributed by atoms with van der Waals surface area (Å²) in [5.74, 6) is 0.909. The minimum Gasteiger partial charge on any atom is -0.341 e. The molecule has 0 saturated carbocycles. The molecule has 2 heterocycles. The summed E-state index contributed by atoms with van der Waals surface area (Å²) in [5, 5.41) is 14.2. The Kier molecular flexibility index (Phi) is 3.47. The number of piperidine rings is 1. The van der Waals surface area contributed by atoms with Gasteiger partial charge < -0.3 is 10.3 Å². The first-order valence-electron chi connectivity index (χ1n) is 6.77. The predicted molar refractivity (Wildman–Crippen MR) is 75.3 cm³/mol. The number of H-pyrrole nitrogens is 1. The quantitative estimate of drug-likeness (QED) is 0.664. The summed E-state index contributed by atoms with van der Waals surface area (Å²) >= 11 is 0. The fourth-order valence-corrected chi connectivity index (χ4v) is 2.53. The molecule has 6 nitrogen and oxygen atoms in total. The van der Waals surface area contributed by atoms with E-state index in [1.165, 1.54) is 18.9 Å². The number of nitrogens with one attached hydrogen (secondary N) is 2. The van der Waals surface area contributed by atoms with Crippen LogP contribution in [0.4, 0.5) is 5.69 Å². The molecule has 1 aliphatic rings. The minimum atomic E-state index is -0.385. The maximum atomic E-state index is 10.8. The van der Waals surface area contributed by atoms with Crippen molar-refractivity contribution in [1.29, 1.82) is 0 Å². The van der Waals surface area contributed by atoms with Gasteiger partial charge in [-0.1, -0.05) is 18.6 Å². The van der Waals surface area contributed by atoms with Gasteiger partial charge in [0.2, 0.25) is 0 Å². The molecule has 3 rings (SSSR count). The number of aromatic amines is 1. The highest BCUT2D eigenvalue weighted by Gasteiger charge is 2.18. The van der Waals surface area contributed by atoms with Crippen LogP contribution in [-0.4, -0.2) is 21.4 Å². The van der Waals surface area contributed by atoms with E-state index in [0.29, 0.717) is 0 Å². The highest BCUT2D eigenvalue weighted by molar-refractivity contribution is 5.62. The third-order valence-corrected chi connectivity index (χ3v) is 3.60. The van der Waals surface area contributed by atoms with E-state index in [0.717, 1.165) is 30.0 Å². The summed E-state index contributed by atoms with van der Waals surface area (Å²) in [6.07, 6.45) is 5.21. The number of hydrogen-bond donors (Lipinski definition) is 2. The van der Waals surface area contributed by atoms with E-state index >= 15 is 0 Å². The van der Waals surface area contributed by atoms with Gasteiger partial charge in [-0.05, 0) is 19.4 Å². The molecule has 0 bridgehead atoms. The number of nitro benzene ring substituents is 1. The largest absolute Gasteiger partial charge is 0.341 e. The molecule has 0 radical (unpaired) electrons. The zero-order chi connectivity index (χ0) is 13.9. The lowest BCUT2D eigenvalue weighted by molar-refractivity contribution is -0.384. The average molecular weight is 272 g/mol. The molecule has 1 aliphatic heterocycles. The molecule has 0 amide bonds. The molecule has 1 aromatic carbocycles. The first kappa shape index (κ1) is 12.8. The van der Waals surface area contributed by atoms with Crippen LogP contribution in [-0.2, 0) is 0 Å². The van der Waals surface area contributed by atoms with Gasteiger partial charge in [0.25, 0.3) is 5.69 Å². The van der Waals surface area contributed by atoms with Crippen molar-refractivity contribution in [3.8, 4) is 11.3 Å². The van der Waals surface area contributed by atoms with Crippen LogP contribution in [0.25, 0.3) is 11.3 Å². The molecule has 0 spiro atoms. The molecule has 6 heteroatoms. The Bertz CT molecular complexity index is 617. The van der Waals surface area contributed by atoms with Gasteiger partial charge in [-0.2, -0.15) is 0 Å². The highest BCUT2D eigenvalue weighted by atomic mass is 16.6. The Balaban J connectivity index is 1.85. The van der Waals surface area contributed by atoms with E-state index in [2.05, 4.69) is 15.3 Å². The lowest BCUT2D eigenvalue weighted by Crippen LogP contribution is -2.27. The molecule has 1 aromatic heterocycles. The smallest absolute Gasteiger partial charge is 0.270 e. The summed E-state index contributed by atoms with van der Waals surface area (Å²) < 4.78 is 0. The van der Waals surface area contributed by atoms with Crippen molar-refractivity contribution in [2.24, 2.45) is 0 Å². The number of rotatable bonds is 3. The molecule has 0 aliphatic carbocycles. The van der Waals surface area contributed by atoms with Crippen molar-refractivity contribution >= 4 is 5.69 Å². The Morgan fingerprint density at radius 2 is 2.25 bits per heavy atom. The van der Waals surface area contributed by atoms with Gasteiger partial charge in [0.15, 0.2) is 0 Å². The lowest BCUT2D eigenvalue weighted by atomic mass is 10.0. The van der Waals surface area contributed by atoms with E-state index in [1.54, 1.807) is 18.3 Å². The summed E-state index contributed by atoms with van der Waals surface area (Å²) in [4.78, 5) is 18.1. The van der Waals surface area contributed by atoms with Gasteiger partial charge in [-0.15, -0.1) is 0 Å². The van der Waals surface area contributed by atoms with Crippen LogP contribution >= 0.6 is 0 Å². The number of nitro groups is 1. The van der Waals surface area contributed by atoms with Gasteiger partial charge >= 0.3 is 0 Å². The number of hydrogen-bond acceptors (Lipinski definition) is 4. The standard InChI is InChI=1S/C14H16N4O2/c19-18(20)11-5-3-4-10(8-11)13-9-16-14(17-13)12-6-1-2-7-15-12/h3-5,8-9,12,15H,1-2,6-7H2,(H,16,17). The van der Waals surface area contributed by atoms with E-state index in [1.807, 2.05) is 6.07 Å². The number of benzene rings is 1. The first-order valence-corrected chi connectivity index (χ1v) is 6.77. The van der Waals surface area contributed by atoms with E-state index in [4.69, 9.17) is 0 Å². The Labute approximate surface area is 116 Å². The first-order chi connectivity index (χ1) is 9.74. The van der Waals surface area contributed by atoms with E-state index in [9.17, 15) is 10.1 Å². The molecular formula is C14H16N4O2.